The molecule has 1 aliphatic rings. The van der Waals surface area contributed by atoms with Gasteiger partial charge in [-0.15, -0.1) is 0 Å². The SMILES string of the molecule is CC(=O)c1cccc(OC(C)C(=O)N2CCC(n3cc(C(=O)O)cn3)CC2)c1. The summed E-state index contributed by atoms with van der Waals surface area (Å²) in [6, 6.07) is 6.86. The zero-order chi connectivity index (χ0) is 20.3. The van der Waals surface area contributed by atoms with Crippen LogP contribution >= 0.6 is 0 Å². The second kappa shape index (κ2) is 8.24. The fourth-order valence-electron chi connectivity index (χ4n) is 3.30. The molecule has 1 saturated heterocycles. The number of aromatic carboxylic acids is 1. The van der Waals surface area contributed by atoms with Crippen molar-refractivity contribution in [3.8, 4) is 5.75 Å². The van der Waals surface area contributed by atoms with Gasteiger partial charge in [0.25, 0.3) is 5.91 Å². The van der Waals surface area contributed by atoms with Crippen LogP contribution in [-0.2, 0) is 4.79 Å². The van der Waals surface area contributed by atoms with Gasteiger partial charge in [-0.25, -0.2) is 4.79 Å². The van der Waals surface area contributed by atoms with Crippen LogP contribution in [0.2, 0.25) is 0 Å². The van der Waals surface area contributed by atoms with Crippen LogP contribution in [0.5, 0.6) is 5.75 Å². The molecule has 1 atom stereocenters. The molecule has 1 aromatic carbocycles. The number of carboxylic acid groups (broad SMARTS) is 1. The van der Waals surface area contributed by atoms with E-state index in [9.17, 15) is 14.4 Å². The molecule has 1 amide bonds. The zero-order valence-corrected chi connectivity index (χ0v) is 15.9. The van der Waals surface area contributed by atoms with Crippen LogP contribution < -0.4 is 4.74 Å². The van der Waals surface area contributed by atoms with Gasteiger partial charge in [-0.05, 0) is 38.8 Å². The molecule has 0 bridgehead atoms. The molecule has 2 aromatic rings. The number of likely N-dealkylation sites (tertiary alicyclic amines) is 1. The van der Waals surface area contributed by atoms with Crippen molar-refractivity contribution in [2.75, 3.05) is 13.1 Å². The maximum absolute atomic E-state index is 12.7. The van der Waals surface area contributed by atoms with Crippen LogP contribution in [0.3, 0.4) is 0 Å². The molecule has 0 radical (unpaired) electrons. The van der Waals surface area contributed by atoms with Crippen LogP contribution in [0.1, 0.15) is 53.4 Å². The molecule has 0 saturated carbocycles. The average molecular weight is 385 g/mol. The Morgan fingerprint density at radius 3 is 2.54 bits per heavy atom. The van der Waals surface area contributed by atoms with Gasteiger partial charge in [0.05, 0.1) is 17.8 Å². The van der Waals surface area contributed by atoms with Crippen molar-refractivity contribution in [1.29, 1.82) is 0 Å². The largest absolute Gasteiger partial charge is 0.481 e. The van der Waals surface area contributed by atoms with E-state index in [1.54, 1.807) is 40.8 Å². The second-order valence-electron chi connectivity index (χ2n) is 6.91. The van der Waals surface area contributed by atoms with Gasteiger partial charge in [0.1, 0.15) is 5.75 Å². The lowest BCUT2D eigenvalue weighted by atomic mass is 10.0. The summed E-state index contributed by atoms with van der Waals surface area (Å²) in [6.07, 6.45) is 3.59. The molecule has 2 heterocycles. The van der Waals surface area contributed by atoms with Crippen molar-refractivity contribution in [2.45, 2.75) is 38.8 Å². The minimum absolute atomic E-state index is 0.0591. The van der Waals surface area contributed by atoms with E-state index in [-0.39, 0.29) is 23.3 Å². The van der Waals surface area contributed by atoms with Gasteiger partial charge in [-0.3, -0.25) is 14.3 Å². The Kier molecular flexibility index (Phi) is 5.77. The van der Waals surface area contributed by atoms with Crippen molar-refractivity contribution in [3.63, 3.8) is 0 Å². The Bertz CT molecular complexity index is 883. The topological polar surface area (TPSA) is 102 Å². The van der Waals surface area contributed by atoms with Crippen molar-refractivity contribution >= 4 is 17.7 Å². The second-order valence-corrected chi connectivity index (χ2v) is 6.91. The highest BCUT2D eigenvalue weighted by atomic mass is 16.5. The minimum Gasteiger partial charge on any atom is -0.481 e. The lowest BCUT2D eigenvalue weighted by Crippen LogP contribution is -2.45. The predicted molar refractivity (Wildman–Crippen MR) is 101 cm³/mol. The number of nitrogens with zero attached hydrogens (tertiary/aromatic N) is 3. The molecule has 1 N–H and O–H groups in total. The predicted octanol–water partition coefficient (Wildman–Crippen LogP) is 2.41. The Morgan fingerprint density at radius 2 is 1.93 bits per heavy atom. The summed E-state index contributed by atoms with van der Waals surface area (Å²) in [5.74, 6) is -0.686. The molecule has 8 nitrogen and oxygen atoms in total. The quantitative estimate of drug-likeness (QED) is 0.766. The van der Waals surface area contributed by atoms with Crippen molar-refractivity contribution in [3.05, 3.63) is 47.8 Å². The van der Waals surface area contributed by atoms with Gasteiger partial charge in [0.15, 0.2) is 11.9 Å². The van der Waals surface area contributed by atoms with E-state index in [0.29, 0.717) is 37.2 Å². The first kappa shape index (κ1) is 19.6. The number of hydrogen-bond donors (Lipinski definition) is 1. The summed E-state index contributed by atoms with van der Waals surface area (Å²) in [7, 11) is 0. The van der Waals surface area contributed by atoms with E-state index in [2.05, 4.69) is 5.10 Å². The van der Waals surface area contributed by atoms with Gasteiger partial charge in [0.2, 0.25) is 0 Å². The van der Waals surface area contributed by atoms with Gasteiger partial charge in [0, 0.05) is 24.8 Å². The minimum atomic E-state index is -1.00. The molecule has 1 aliphatic heterocycles. The number of piperidine rings is 1. The summed E-state index contributed by atoms with van der Waals surface area (Å²) in [6.45, 7) is 4.28. The molecule has 0 aliphatic carbocycles. The fourth-order valence-corrected chi connectivity index (χ4v) is 3.30. The Labute approximate surface area is 162 Å². The van der Waals surface area contributed by atoms with Gasteiger partial charge in [-0.2, -0.15) is 5.10 Å². The monoisotopic (exact) mass is 385 g/mol. The molecule has 1 unspecified atom stereocenters. The van der Waals surface area contributed by atoms with E-state index in [1.165, 1.54) is 19.3 Å². The number of rotatable bonds is 6. The summed E-state index contributed by atoms with van der Waals surface area (Å²) in [5.41, 5.74) is 0.700. The highest BCUT2D eigenvalue weighted by Gasteiger charge is 2.28. The normalized spacial score (nSPS) is 15.9. The number of ether oxygens (including phenoxy) is 1. The first-order valence-corrected chi connectivity index (χ1v) is 9.19. The number of carbonyl (C=O) groups excluding carboxylic acids is 2. The van der Waals surface area contributed by atoms with Crippen LogP contribution in [-0.4, -0.2) is 56.6 Å². The average Bonchev–Trinajstić information content (AvgIpc) is 3.18. The first-order chi connectivity index (χ1) is 13.3. The van der Waals surface area contributed by atoms with E-state index in [4.69, 9.17) is 9.84 Å². The third kappa shape index (κ3) is 4.39. The molecular formula is C20H23N3O5. The molecule has 1 fully saturated rings. The first-order valence-electron chi connectivity index (χ1n) is 9.19. The molecular weight excluding hydrogens is 362 g/mol. The molecule has 1 aromatic heterocycles. The van der Waals surface area contributed by atoms with Crippen molar-refractivity contribution in [2.24, 2.45) is 0 Å². The van der Waals surface area contributed by atoms with Gasteiger partial charge >= 0.3 is 5.97 Å². The van der Waals surface area contributed by atoms with Crippen molar-refractivity contribution in [1.82, 2.24) is 14.7 Å². The number of amides is 1. The molecule has 148 valence electrons. The third-order valence-corrected chi connectivity index (χ3v) is 4.90. The highest BCUT2D eigenvalue weighted by molar-refractivity contribution is 5.94. The number of benzene rings is 1. The number of carbonyl (C=O) groups is 3. The highest BCUT2D eigenvalue weighted by Crippen LogP contribution is 2.23. The van der Waals surface area contributed by atoms with E-state index >= 15 is 0 Å². The van der Waals surface area contributed by atoms with E-state index in [0.717, 1.165) is 0 Å². The lowest BCUT2D eigenvalue weighted by molar-refractivity contribution is -0.139. The number of Topliss-reactive ketones (excluding diaryl/α,β-unsaturated/α-hetero) is 1. The summed E-state index contributed by atoms with van der Waals surface area (Å²) < 4.78 is 7.40. The molecule has 28 heavy (non-hydrogen) atoms. The summed E-state index contributed by atoms with van der Waals surface area (Å²) in [5, 5.41) is 13.1. The number of aromatic nitrogens is 2. The van der Waals surface area contributed by atoms with E-state index < -0.39 is 12.1 Å². The van der Waals surface area contributed by atoms with Crippen LogP contribution in [0.15, 0.2) is 36.7 Å². The number of carboxylic acids is 1. The maximum atomic E-state index is 12.7. The van der Waals surface area contributed by atoms with Crippen LogP contribution in [0, 0.1) is 0 Å². The standard InChI is InChI=1S/C20H23N3O5/c1-13(24)15-4-3-5-18(10-15)28-14(2)19(25)22-8-6-17(7-9-22)23-12-16(11-21-23)20(26)27/h3-5,10-12,14,17H,6-9H2,1-2H3,(H,26,27). The Morgan fingerprint density at radius 1 is 1.21 bits per heavy atom. The van der Waals surface area contributed by atoms with E-state index in [1.807, 2.05) is 0 Å². The Balaban J connectivity index is 1.56. The van der Waals surface area contributed by atoms with Crippen LogP contribution in [0.4, 0.5) is 0 Å². The van der Waals surface area contributed by atoms with Crippen molar-refractivity contribution < 1.29 is 24.2 Å². The van der Waals surface area contributed by atoms with Gasteiger partial charge < -0.3 is 14.7 Å². The zero-order valence-electron chi connectivity index (χ0n) is 15.9. The summed E-state index contributed by atoms with van der Waals surface area (Å²) in [4.78, 5) is 36.9. The third-order valence-electron chi connectivity index (χ3n) is 4.90. The summed E-state index contributed by atoms with van der Waals surface area (Å²) >= 11 is 0. The Hall–Kier alpha value is -3.16. The molecule has 0 spiro atoms. The maximum Gasteiger partial charge on any atom is 0.338 e. The molecule has 8 heteroatoms. The number of ketones is 1. The number of hydrogen-bond acceptors (Lipinski definition) is 5. The molecule has 3 rings (SSSR count). The smallest absolute Gasteiger partial charge is 0.338 e. The van der Waals surface area contributed by atoms with Gasteiger partial charge in [-0.1, -0.05) is 12.1 Å². The fraction of sp³-hybridized carbons (Fsp3) is 0.400. The lowest BCUT2D eigenvalue weighted by Gasteiger charge is -2.33. The van der Waals surface area contributed by atoms with Crippen LogP contribution in [0.25, 0.3) is 0 Å².